The zero-order valence-electron chi connectivity index (χ0n) is 13.2. The van der Waals surface area contributed by atoms with Crippen LogP contribution in [0.5, 0.6) is 0 Å². The van der Waals surface area contributed by atoms with Gasteiger partial charge in [0, 0.05) is 26.2 Å². The summed E-state index contributed by atoms with van der Waals surface area (Å²) in [6.07, 6.45) is 0. The predicted octanol–water partition coefficient (Wildman–Crippen LogP) is -1.09. The summed E-state index contributed by atoms with van der Waals surface area (Å²) in [5.41, 5.74) is 0.626. The number of aromatic nitrogens is 2. The number of carbonyl (C=O) groups is 1. The number of imidazole rings is 1. The summed E-state index contributed by atoms with van der Waals surface area (Å²) < 4.78 is 26.9. The number of sulfonamides is 1. The minimum atomic E-state index is -3.66. The molecule has 1 aliphatic heterocycles. The fourth-order valence-corrected chi connectivity index (χ4v) is 4.21. The predicted molar refractivity (Wildman–Crippen MR) is 88.2 cm³/mol. The lowest BCUT2D eigenvalue weighted by Crippen LogP contribution is -2.52. The molecule has 1 amide bonds. The first-order valence-corrected chi connectivity index (χ1v) is 9.00. The minimum absolute atomic E-state index is 0.0409. The number of H-pyrrole nitrogens is 2. The van der Waals surface area contributed by atoms with Crippen LogP contribution in [-0.4, -0.2) is 73.3 Å². The Hall–Kier alpha value is -2.17. The van der Waals surface area contributed by atoms with Gasteiger partial charge in [-0.1, -0.05) is 0 Å². The Bertz CT molecular complexity index is 909. The van der Waals surface area contributed by atoms with Gasteiger partial charge in [-0.05, 0) is 25.2 Å². The number of hydrogen-bond acceptors (Lipinski definition) is 5. The second-order valence-electron chi connectivity index (χ2n) is 5.60. The first kappa shape index (κ1) is 16.7. The topological polar surface area (TPSA) is 118 Å². The maximum Gasteiger partial charge on any atom is 0.323 e. The van der Waals surface area contributed by atoms with E-state index in [1.165, 1.54) is 16.4 Å². The number of aromatic amines is 2. The third-order valence-corrected chi connectivity index (χ3v) is 5.94. The summed E-state index contributed by atoms with van der Waals surface area (Å²) in [4.78, 5) is 30.0. The highest BCUT2D eigenvalue weighted by molar-refractivity contribution is 7.89. The first-order chi connectivity index (χ1) is 11.4. The number of benzene rings is 1. The molecule has 0 aliphatic carbocycles. The standard InChI is InChI=1S/C14H19N5O4S/c1-15-9-13(20)18-4-6-19(7-5-18)24(22,23)10-2-3-11-12(8-10)17-14(21)16-11/h2-3,8,15H,4-7,9H2,1H3,(H2,16,17,21). The van der Waals surface area contributed by atoms with Crippen molar-refractivity contribution in [1.29, 1.82) is 0 Å². The van der Waals surface area contributed by atoms with Gasteiger partial charge in [-0.2, -0.15) is 4.31 Å². The molecule has 3 N–H and O–H groups in total. The minimum Gasteiger partial charge on any atom is -0.339 e. The SMILES string of the molecule is CNCC(=O)N1CCN(S(=O)(=O)c2ccc3[nH]c(=O)[nH]c3c2)CC1. The van der Waals surface area contributed by atoms with Gasteiger partial charge in [-0.25, -0.2) is 13.2 Å². The van der Waals surface area contributed by atoms with Crippen LogP contribution in [0, 0.1) is 0 Å². The van der Waals surface area contributed by atoms with E-state index in [1.807, 2.05) is 0 Å². The van der Waals surface area contributed by atoms with E-state index >= 15 is 0 Å². The maximum atomic E-state index is 12.7. The second-order valence-corrected chi connectivity index (χ2v) is 7.54. The Morgan fingerprint density at radius 2 is 1.83 bits per heavy atom. The Morgan fingerprint density at radius 3 is 2.50 bits per heavy atom. The van der Waals surface area contributed by atoms with Crippen LogP contribution in [0.1, 0.15) is 0 Å². The summed E-state index contributed by atoms with van der Waals surface area (Å²) in [5, 5.41) is 2.80. The van der Waals surface area contributed by atoms with Crippen LogP contribution >= 0.6 is 0 Å². The molecule has 2 aromatic rings. The highest BCUT2D eigenvalue weighted by Gasteiger charge is 2.30. The van der Waals surface area contributed by atoms with Gasteiger partial charge in [0.25, 0.3) is 0 Å². The molecule has 1 aromatic carbocycles. The van der Waals surface area contributed by atoms with E-state index < -0.39 is 10.0 Å². The van der Waals surface area contributed by atoms with Gasteiger partial charge in [0.15, 0.2) is 0 Å². The molecule has 3 rings (SSSR count). The van der Waals surface area contributed by atoms with Gasteiger partial charge in [0.1, 0.15) is 0 Å². The molecule has 10 heteroatoms. The monoisotopic (exact) mass is 353 g/mol. The van der Waals surface area contributed by atoms with Gasteiger partial charge in [-0.15, -0.1) is 0 Å². The lowest BCUT2D eigenvalue weighted by atomic mass is 10.3. The third-order valence-electron chi connectivity index (χ3n) is 4.04. The quantitative estimate of drug-likeness (QED) is 0.645. The van der Waals surface area contributed by atoms with Crippen molar-refractivity contribution in [2.45, 2.75) is 4.90 Å². The molecular weight excluding hydrogens is 334 g/mol. The lowest BCUT2D eigenvalue weighted by Gasteiger charge is -2.34. The number of nitrogens with one attached hydrogen (secondary N) is 3. The van der Waals surface area contributed by atoms with Crippen LogP contribution in [0.25, 0.3) is 11.0 Å². The van der Waals surface area contributed by atoms with E-state index in [-0.39, 0.29) is 36.1 Å². The van der Waals surface area contributed by atoms with Gasteiger partial charge < -0.3 is 20.2 Å². The number of rotatable bonds is 4. The van der Waals surface area contributed by atoms with E-state index in [9.17, 15) is 18.0 Å². The summed E-state index contributed by atoms with van der Waals surface area (Å²) in [6, 6.07) is 4.48. The molecule has 0 radical (unpaired) electrons. The van der Waals surface area contributed by atoms with Crippen LogP contribution in [-0.2, 0) is 14.8 Å². The largest absolute Gasteiger partial charge is 0.339 e. The smallest absolute Gasteiger partial charge is 0.323 e. The van der Waals surface area contributed by atoms with Crippen LogP contribution in [0.3, 0.4) is 0 Å². The molecule has 1 fully saturated rings. The van der Waals surface area contributed by atoms with E-state index in [1.54, 1.807) is 18.0 Å². The molecule has 1 saturated heterocycles. The normalized spacial score (nSPS) is 16.6. The fraction of sp³-hybridized carbons (Fsp3) is 0.429. The highest BCUT2D eigenvalue weighted by atomic mass is 32.2. The average molecular weight is 353 g/mol. The van der Waals surface area contributed by atoms with Crippen molar-refractivity contribution in [2.75, 3.05) is 39.8 Å². The molecular formula is C14H19N5O4S. The van der Waals surface area contributed by atoms with Crippen molar-refractivity contribution < 1.29 is 13.2 Å². The number of piperazine rings is 1. The van der Waals surface area contributed by atoms with Crippen LogP contribution in [0.2, 0.25) is 0 Å². The van der Waals surface area contributed by atoms with Gasteiger partial charge in [-0.3, -0.25) is 4.79 Å². The molecule has 1 aromatic heterocycles. The number of nitrogens with zero attached hydrogens (tertiary/aromatic N) is 2. The molecule has 9 nitrogen and oxygen atoms in total. The Labute approximate surface area is 138 Å². The van der Waals surface area contributed by atoms with Crippen molar-refractivity contribution in [2.24, 2.45) is 0 Å². The molecule has 2 heterocycles. The average Bonchev–Trinajstić information content (AvgIpc) is 2.94. The molecule has 1 aliphatic rings. The van der Waals surface area contributed by atoms with Gasteiger partial charge in [0.05, 0.1) is 22.5 Å². The Morgan fingerprint density at radius 1 is 1.17 bits per heavy atom. The zero-order chi connectivity index (χ0) is 17.3. The van der Waals surface area contributed by atoms with Gasteiger partial charge >= 0.3 is 5.69 Å². The van der Waals surface area contributed by atoms with E-state index in [2.05, 4.69) is 15.3 Å². The van der Waals surface area contributed by atoms with E-state index in [0.717, 1.165) is 0 Å². The summed E-state index contributed by atoms with van der Waals surface area (Å²) in [7, 11) is -1.97. The second kappa shape index (κ2) is 6.38. The van der Waals surface area contributed by atoms with Crippen LogP contribution in [0.4, 0.5) is 0 Å². The summed E-state index contributed by atoms with van der Waals surface area (Å²) >= 11 is 0. The van der Waals surface area contributed by atoms with Crippen molar-refractivity contribution in [1.82, 2.24) is 24.5 Å². The first-order valence-electron chi connectivity index (χ1n) is 7.56. The van der Waals surface area contributed by atoms with Gasteiger partial charge in [0.2, 0.25) is 15.9 Å². The highest BCUT2D eigenvalue weighted by Crippen LogP contribution is 2.20. The molecule has 24 heavy (non-hydrogen) atoms. The molecule has 0 bridgehead atoms. The molecule has 0 saturated carbocycles. The van der Waals surface area contributed by atoms with Crippen molar-refractivity contribution in [3.05, 3.63) is 28.7 Å². The lowest BCUT2D eigenvalue weighted by molar-refractivity contribution is -0.131. The molecule has 130 valence electrons. The third kappa shape index (κ3) is 3.07. The van der Waals surface area contributed by atoms with Crippen LogP contribution in [0.15, 0.2) is 27.9 Å². The number of amides is 1. The summed E-state index contributed by atoms with van der Waals surface area (Å²) in [6.45, 7) is 1.47. The van der Waals surface area contributed by atoms with Crippen LogP contribution < -0.4 is 11.0 Å². The van der Waals surface area contributed by atoms with E-state index in [4.69, 9.17) is 0 Å². The molecule has 0 unspecified atom stereocenters. The number of likely N-dealkylation sites (N-methyl/N-ethyl adjacent to an activating group) is 1. The maximum absolute atomic E-state index is 12.7. The van der Waals surface area contributed by atoms with Crippen molar-refractivity contribution >= 4 is 27.0 Å². The molecule has 0 atom stereocenters. The number of carbonyl (C=O) groups excluding carboxylic acids is 1. The van der Waals surface area contributed by atoms with Crippen molar-refractivity contribution in [3.8, 4) is 0 Å². The number of hydrogen-bond donors (Lipinski definition) is 3. The Balaban J connectivity index is 1.78. The van der Waals surface area contributed by atoms with Crippen molar-refractivity contribution in [3.63, 3.8) is 0 Å². The number of fused-ring (bicyclic) bond motifs is 1. The fourth-order valence-electron chi connectivity index (χ4n) is 2.76. The zero-order valence-corrected chi connectivity index (χ0v) is 14.0. The van der Waals surface area contributed by atoms with E-state index in [0.29, 0.717) is 24.1 Å². The molecule has 0 spiro atoms. The Kier molecular flexibility index (Phi) is 4.43. The summed E-state index contributed by atoms with van der Waals surface area (Å²) in [5.74, 6) is -0.0409.